The van der Waals surface area contributed by atoms with Crippen molar-refractivity contribution in [2.75, 3.05) is 32.4 Å². The molecule has 0 aromatic heterocycles. The number of nitrogens with zero attached hydrogens (tertiary/aromatic N) is 2. The molecule has 0 radical (unpaired) electrons. The highest BCUT2D eigenvalue weighted by atomic mass is 32.2. The second-order valence-corrected chi connectivity index (χ2v) is 10.2. The highest BCUT2D eigenvalue weighted by Gasteiger charge is 2.30. The van der Waals surface area contributed by atoms with Crippen molar-refractivity contribution in [2.24, 2.45) is 5.92 Å². The predicted molar refractivity (Wildman–Crippen MR) is 109 cm³/mol. The third kappa shape index (κ3) is 5.56. The Bertz CT molecular complexity index is 788. The minimum atomic E-state index is -3.09. The second kappa shape index (κ2) is 9.07. The van der Waals surface area contributed by atoms with E-state index in [1.807, 2.05) is 4.90 Å². The Morgan fingerprint density at radius 1 is 0.893 bits per heavy atom. The van der Waals surface area contributed by atoms with Crippen molar-refractivity contribution in [3.8, 4) is 0 Å². The molecule has 0 atom stereocenters. The number of hydrogen-bond donors (Lipinski definition) is 0. The van der Waals surface area contributed by atoms with Gasteiger partial charge in [-0.15, -0.1) is 0 Å². The van der Waals surface area contributed by atoms with E-state index in [9.17, 15) is 18.0 Å². The fourth-order valence-corrected chi connectivity index (χ4v) is 4.91. The van der Waals surface area contributed by atoms with Gasteiger partial charge < -0.3 is 9.80 Å². The maximum absolute atomic E-state index is 12.8. The molecular formula is C21H30N2O4S. The van der Waals surface area contributed by atoms with Crippen LogP contribution in [0.3, 0.4) is 0 Å². The lowest BCUT2D eigenvalue weighted by molar-refractivity contribution is -0.136. The minimum Gasteiger partial charge on any atom is -0.342 e. The summed E-state index contributed by atoms with van der Waals surface area (Å²) >= 11 is 0. The van der Waals surface area contributed by atoms with Gasteiger partial charge in [-0.3, -0.25) is 9.59 Å². The van der Waals surface area contributed by atoms with Crippen molar-refractivity contribution < 1.29 is 18.0 Å². The molecule has 2 aliphatic rings. The molecule has 1 aromatic rings. The fourth-order valence-electron chi connectivity index (χ4n) is 4.11. The van der Waals surface area contributed by atoms with Crippen molar-refractivity contribution in [3.05, 3.63) is 35.4 Å². The molecular weight excluding hydrogens is 376 g/mol. The first-order valence-electron chi connectivity index (χ1n) is 10.2. The highest BCUT2D eigenvalue weighted by molar-refractivity contribution is 7.89. The van der Waals surface area contributed by atoms with Crippen LogP contribution in [0.25, 0.3) is 0 Å². The van der Waals surface area contributed by atoms with E-state index in [-0.39, 0.29) is 23.5 Å². The van der Waals surface area contributed by atoms with Crippen LogP contribution in [0.1, 0.15) is 54.4 Å². The third-order valence-corrected chi connectivity index (χ3v) is 6.54. The van der Waals surface area contributed by atoms with Gasteiger partial charge in [-0.25, -0.2) is 8.42 Å². The average Bonchev–Trinajstić information content (AvgIpc) is 2.96. The molecule has 2 aliphatic heterocycles. The highest BCUT2D eigenvalue weighted by Crippen LogP contribution is 2.23. The number of carbonyl (C=O) groups is 2. The summed E-state index contributed by atoms with van der Waals surface area (Å²) in [6.07, 6.45) is 7.24. The third-order valence-electron chi connectivity index (χ3n) is 5.68. The van der Waals surface area contributed by atoms with Crippen molar-refractivity contribution in [1.82, 2.24) is 9.80 Å². The van der Waals surface area contributed by atoms with E-state index in [4.69, 9.17) is 0 Å². The van der Waals surface area contributed by atoms with E-state index >= 15 is 0 Å². The number of likely N-dealkylation sites (tertiary alicyclic amines) is 2. The Labute approximate surface area is 167 Å². The largest absolute Gasteiger partial charge is 0.342 e. The number of carbonyl (C=O) groups excluding carboxylic acids is 2. The van der Waals surface area contributed by atoms with E-state index < -0.39 is 9.84 Å². The number of amides is 2. The molecule has 0 N–H and O–H groups in total. The maximum atomic E-state index is 12.8. The molecule has 0 aliphatic carbocycles. The smallest absolute Gasteiger partial charge is 0.253 e. The first-order valence-corrected chi connectivity index (χ1v) is 12.2. The Morgan fingerprint density at radius 3 is 2.00 bits per heavy atom. The van der Waals surface area contributed by atoms with Crippen LogP contribution in [-0.2, 0) is 20.4 Å². The molecule has 0 bridgehead atoms. The normalized spacial score (nSPS) is 19.3. The number of rotatable bonds is 4. The summed E-state index contributed by atoms with van der Waals surface area (Å²) in [4.78, 5) is 29.3. The van der Waals surface area contributed by atoms with Crippen LogP contribution in [0, 0.1) is 5.92 Å². The van der Waals surface area contributed by atoms with Crippen molar-refractivity contribution in [1.29, 1.82) is 0 Å². The molecule has 0 spiro atoms. The van der Waals surface area contributed by atoms with Crippen LogP contribution >= 0.6 is 0 Å². The van der Waals surface area contributed by atoms with Gasteiger partial charge in [0, 0.05) is 43.9 Å². The van der Waals surface area contributed by atoms with E-state index in [0.717, 1.165) is 25.9 Å². The van der Waals surface area contributed by atoms with Crippen LogP contribution in [0.15, 0.2) is 24.3 Å². The number of piperidine rings is 1. The van der Waals surface area contributed by atoms with Crippen LogP contribution in [0.2, 0.25) is 0 Å². The van der Waals surface area contributed by atoms with Gasteiger partial charge in [-0.2, -0.15) is 0 Å². The molecule has 1 aromatic carbocycles. The van der Waals surface area contributed by atoms with E-state index in [2.05, 4.69) is 0 Å². The SMILES string of the molecule is CS(=O)(=O)Cc1ccc(C(=O)N2CCC(C(=O)N3CCCCCC3)CC2)cc1. The monoisotopic (exact) mass is 406 g/mol. The molecule has 2 heterocycles. The number of sulfone groups is 1. The molecule has 3 rings (SSSR count). The molecule has 154 valence electrons. The minimum absolute atomic E-state index is 0.0223. The Balaban J connectivity index is 1.54. The van der Waals surface area contributed by atoms with Crippen LogP contribution in [0.5, 0.6) is 0 Å². The number of benzene rings is 1. The summed E-state index contributed by atoms with van der Waals surface area (Å²) in [6, 6.07) is 6.78. The summed E-state index contributed by atoms with van der Waals surface area (Å²) < 4.78 is 22.8. The molecule has 2 amide bonds. The van der Waals surface area contributed by atoms with Gasteiger partial charge in [0.1, 0.15) is 0 Å². The van der Waals surface area contributed by atoms with Crippen molar-refractivity contribution in [2.45, 2.75) is 44.3 Å². The number of hydrogen-bond acceptors (Lipinski definition) is 4. The Morgan fingerprint density at radius 2 is 1.46 bits per heavy atom. The molecule has 2 saturated heterocycles. The maximum Gasteiger partial charge on any atom is 0.253 e. The van der Waals surface area contributed by atoms with E-state index in [1.54, 1.807) is 29.2 Å². The first-order chi connectivity index (χ1) is 13.3. The summed E-state index contributed by atoms with van der Waals surface area (Å²) in [5.74, 6) is 0.218. The van der Waals surface area contributed by atoms with Crippen LogP contribution < -0.4 is 0 Å². The summed E-state index contributed by atoms with van der Waals surface area (Å²) in [7, 11) is -3.09. The predicted octanol–water partition coefficient (Wildman–Crippen LogP) is 2.49. The molecule has 7 heteroatoms. The quantitative estimate of drug-likeness (QED) is 0.770. The average molecular weight is 407 g/mol. The van der Waals surface area contributed by atoms with Gasteiger partial charge in [0.25, 0.3) is 5.91 Å². The van der Waals surface area contributed by atoms with Gasteiger partial charge >= 0.3 is 0 Å². The van der Waals surface area contributed by atoms with Gasteiger partial charge in [-0.1, -0.05) is 25.0 Å². The lowest BCUT2D eigenvalue weighted by atomic mass is 9.94. The van der Waals surface area contributed by atoms with Crippen molar-refractivity contribution >= 4 is 21.7 Å². The summed E-state index contributed by atoms with van der Waals surface area (Å²) in [5, 5.41) is 0. The molecule has 0 saturated carbocycles. The van der Waals surface area contributed by atoms with Crippen LogP contribution in [0.4, 0.5) is 0 Å². The zero-order chi connectivity index (χ0) is 20.1. The molecule has 28 heavy (non-hydrogen) atoms. The van der Waals surface area contributed by atoms with Gasteiger partial charge in [0.2, 0.25) is 5.91 Å². The summed E-state index contributed by atoms with van der Waals surface area (Å²) in [6.45, 7) is 2.93. The lowest BCUT2D eigenvalue weighted by Crippen LogP contribution is -2.44. The fraction of sp³-hybridized carbons (Fsp3) is 0.619. The van der Waals surface area contributed by atoms with Crippen molar-refractivity contribution in [3.63, 3.8) is 0 Å². The zero-order valence-electron chi connectivity index (χ0n) is 16.6. The summed E-state index contributed by atoms with van der Waals surface area (Å²) in [5.41, 5.74) is 1.25. The standard InChI is InChI=1S/C21H30N2O4S/c1-28(26,27)16-17-6-8-18(9-7-17)20(24)23-14-10-19(11-15-23)21(25)22-12-4-2-3-5-13-22/h6-9,19H,2-5,10-16H2,1H3. The molecule has 6 nitrogen and oxygen atoms in total. The molecule has 2 fully saturated rings. The molecule has 0 unspecified atom stereocenters. The Kier molecular flexibility index (Phi) is 6.75. The van der Waals surface area contributed by atoms with Gasteiger partial charge in [0.15, 0.2) is 9.84 Å². The first kappa shape index (κ1) is 20.8. The van der Waals surface area contributed by atoms with Gasteiger partial charge in [-0.05, 0) is 43.4 Å². The van der Waals surface area contributed by atoms with E-state index in [1.165, 1.54) is 19.1 Å². The Hall–Kier alpha value is -1.89. The second-order valence-electron chi connectivity index (χ2n) is 8.07. The van der Waals surface area contributed by atoms with E-state index in [0.29, 0.717) is 37.1 Å². The zero-order valence-corrected chi connectivity index (χ0v) is 17.4. The topological polar surface area (TPSA) is 74.8 Å². The lowest BCUT2D eigenvalue weighted by Gasteiger charge is -2.34. The van der Waals surface area contributed by atoms with Crippen LogP contribution in [-0.4, -0.2) is 62.5 Å². The van der Waals surface area contributed by atoms with Gasteiger partial charge in [0.05, 0.1) is 5.75 Å².